The summed E-state index contributed by atoms with van der Waals surface area (Å²) in [6.45, 7) is 0. The van der Waals surface area contributed by atoms with Gasteiger partial charge in [-0.15, -0.1) is 0 Å². The maximum atomic E-state index is 12.0. The molecule has 2 N–H and O–H groups in total. The molecule has 0 bridgehead atoms. The van der Waals surface area contributed by atoms with Crippen LogP contribution in [0.4, 0.5) is 5.69 Å². The van der Waals surface area contributed by atoms with Crippen LogP contribution in [0.1, 0.15) is 15.9 Å². The quantitative estimate of drug-likeness (QED) is 0.431. The zero-order valence-electron chi connectivity index (χ0n) is 12.2. The van der Waals surface area contributed by atoms with Gasteiger partial charge in [-0.2, -0.15) is 5.10 Å². The van der Waals surface area contributed by atoms with E-state index >= 15 is 0 Å². The first-order valence-electron chi connectivity index (χ1n) is 6.90. The van der Waals surface area contributed by atoms with Gasteiger partial charge in [-0.3, -0.25) is 14.9 Å². The lowest BCUT2D eigenvalue weighted by atomic mass is 10.2. The van der Waals surface area contributed by atoms with E-state index in [1.165, 1.54) is 18.3 Å². The largest absolute Gasteiger partial charge is 0.361 e. The fourth-order valence-electron chi connectivity index (χ4n) is 2.22. The highest BCUT2D eigenvalue weighted by Gasteiger charge is 2.15. The number of amides is 1. The molecule has 1 aromatic heterocycles. The van der Waals surface area contributed by atoms with E-state index in [1.54, 1.807) is 6.20 Å². The third kappa shape index (κ3) is 3.11. The number of nitro benzene ring substituents is 1. The van der Waals surface area contributed by atoms with Gasteiger partial charge < -0.3 is 4.98 Å². The molecule has 0 aliphatic rings. The van der Waals surface area contributed by atoms with E-state index in [2.05, 4.69) is 15.5 Å². The van der Waals surface area contributed by atoms with Crippen LogP contribution in [0.2, 0.25) is 5.02 Å². The third-order valence-corrected chi connectivity index (χ3v) is 3.72. The molecule has 7 nitrogen and oxygen atoms in total. The zero-order valence-corrected chi connectivity index (χ0v) is 12.9. The third-order valence-electron chi connectivity index (χ3n) is 3.40. The molecule has 0 atom stereocenters. The lowest BCUT2D eigenvalue weighted by molar-refractivity contribution is -0.384. The predicted molar refractivity (Wildman–Crippen MR) is 91.5 cm³/mol. The monoisotopic (exact) mass is 342 g/mol. The first-order chi connectivity index (χ1) is 11.6. The van der Waals surface area contributed by atoms with Gasteiger partial charge in [0.1, 0.15) is 5.02 Å². The molecule has 0 aliphatic heterocycles. The van der Waals surface area contributed by atoms with E-state index in [0.29, 0.717) is 0 Å². The maximum absolute atomic E-state index is 12.0. The summed E-state index contributed by atoms with van der Waals surface area (Å²) in [5.41, 5.74) is 3.88. The number of nitrogens with zero attached hydrogens (tertiary/aromatic N) is 2. The normalized spacial score (nSPS) is 11.0. The molecule has 0 radical (unpaired) electrons. The molecular formula is C16H11ClN4O3. The first kappa shape index (κ1) is 15.7. The van der Waals surface area contributed by atoms with E-state index in [0.717, 1.165) is 22.5 Å². The highest BCUT2D eigenvalue weighted by Crippen LogP contribution is 2.25. The Morgan fingerprint density at radius 2 is 2.08 bits per heavy atom. The lowest BCUT2D eigenvalue weighted by Crippen LogP contribution is -2.17. The van der Waals surface area contributed by atoms with Gasteiger partial charge in [-0.05, 0) is 18.2 Å². The van der Waals surface area contributed by atoms with E-state index < -0.39 is 10.8 Å². The van der Waals surface area contributed by atoms with Gasteiger partial charge in [0, 0.05) is 34.3 Å². The number of nitro groups is 1. The van der Waals surface area contributed by atoms with Crippen molar-refractivity contribution in [1.82, 2.24) is 10.4 Å². The van der Waals surface area contributed by atoms with Crippen molar-refractivity contribution in [2.75, 3.05) is 0 Å². The molecule has 24 heavy (non-hydrogen) atoms. The number of rotatable bonds is 4. The van der Waals surface area contributed by atoms with Crippen LogP contribution >= 0.6 is 11.6 Å². The highest BCUT2D eigenvalue weighted by molar-refractivity contribution is 6.32. The van der Waals surface area contributed by atoms with Crippen LogP contribution in [0.25, 0.3) is 10.9 Å². The number of carbonyl (C=O) groups excluding carboxylic acids is 1. The molecule has 3 rings (SSSR count). The molecule has 0 unspecified atom stereocenters. The van der Waals surface area contributed by atoms with E-state index in [4.69, 9.17) is 11.6 Å². The van der Waals surface area contributed by atoms with Crippen molar-refractivity contribution in [3.8, 4) is 0 Å². The number of fused-ring (bicyclic) bond motifs is 1. The topological polar surface area (TPSA) is 100 Å². The summed E-state index contributed by atoms with van der Waals surface area (Å²) in [6, 6.07) is 11.5. The molecule has 3 aromatic rings. The second-order valence-electron chi connectivity index (χ2n) is 4.91. The van der Waals surface area contributed by atoms with Crippen LogP contribution in [0, 0.1) is 10.1 Å². The summed E-state index contributed by atoms with van der Waals surface area (Å²) >= 11 is 5.72. The fourth-order valence-corrected chi connectivity index (χ4v) is 2.41. The summed E-state index contributed by atoms with van der Waals surface area (Å²) in [5, 5.41) is 15.7. The van der Waals surface area contributed by atoms with Gasteiger partial charge in [0.05, 0.1) is 11.1 Å². The minimum atomic E-state index is -0.645. The number of benzene rings is 2. The first-order valence-corrected chi connectivity index (χ1v) is 7.27. The minimum absolute atomic E-state index is 0.0288. The summed E-state index contributed by atoms with van der Waals surface area (Å²) < 4.78 is 0. The number of aromatic nitrogens is 1. The van der Waals surface area contributed by atoms with Crippen LogP contribution < -0.4 is 5.43 Å². The predicted octanol–water partition coefficient (Wildman–Crippen LogP) is 3.49. The SMILES string of the molecule is O=C(NN=Cc1c[nH]c2ccccc12)c1ccc(Cl)c([N+](=O)[O-])c1. The standard InChI is InChI=1S/C16H11ClN4O3/c17-13-6-5-10(7-15(13)21(23)24)16(22)20-19-9-11-8-18-14-4-2-1-3-12(11)14/h1-9,18H,(H,20,22). The Bertz CT molecular complexity index is 965. The molecule has 1 heterocycles. The molecule has 120 valence electrons. The molecule has 0 saturated carbocycles. The Labute approximate surface area is 141 Å². The van der Waals surface area contributed by atoms with Crippen LogP contribution in [0.5, 0.6) is 0 Å². The smallest absolute Gasteiger partial charge is 0.288 e. The highest BCUT2D eigenvalue weighted by atomic mass is 35.5. The number of carbonyl (C=O) groups is 1. The zero-order chi connectivity index (χ0) is 17.1. The molecule has 2 aromatic carbocycles. The summed E-state index contributed by atoms with van der Waals surface area (Å²) in [6.07, 6.45) is 3.27. The Hall–Kier alpha value is -3.19. The van der Waals surface area contributed by atoms with Crippen molar-refractivity contribution < 1.29 is 9.72 Å². The maximum Gasteiger partial charge on any atom is 0.288 e. The van der Waals surface area contributed by atoms with Gasteiger partial charge in [0.15, 0.2) is 0 Å². The average Bonchev–Trinajstić information content (AvgIpc) is 2.98. The number of hydrogen-bond acceptors (Lipinski definition) is 4. The van der Waals surface area contributed by atoms with Crippen molar-refractivity contribution in [2.24, 2.45) is 5.10 Å². The Kier molecular flexibility index (Phi) is 4.26. The second-order valence-corrected chi connectivity index (χ2v) is 5.32. The lowest BCUT2D eigenvalue weighted by Gasteiger charge is -2.01. The molecule has 1 amide bonds. The summed E-state index contributed by atoms with van der Waals surface area (Å²) in [4.78, 5) is 25.3. The van der Waals surface area contributed by atoms with E-state index in [9.17, 15) is 14.9 Å². The number of H-pyrrole nitrogens is 1. The number of hydrazone groups is 1. The van der Waals surface area contributed by atoms with Crippen LogP contribution in [0.3, 0.4) is 0 Å². The molecule has 0 saturated heterocycles. The summed E-state index contributed by atoms with van der Waals surface area (Å²) in [7, 11) is 0. The number of aromatic amines is 1. The van der Waals surface area contributed by atoms with Crippen molar-refractivity contribution >= 4 is 40.3 Å². The van der Waals surface area contributed by atoms with Gasteiger partial charge in [0.2, 0.25) is 0 Å². The Morgan fingerprint density at radius 3 is 2.88 bits per heavy atom. The summed E-state index contributed by atoms with van der Waals surface area (Å²) in [5.74, 6) is -0.564. The molecular weight excluding hydrogens is 332 g/mol. The fraction of sp³-hybridized carbons (Fsp3) is 0. The minimum Gasteiger partial charge on any atom is -0.361 e. The van der Waals surface area contributed by atoms with Crippen LogP contribution in [0.15, 0.2) is 53.8 Å². The number of para-hydroxylation sites is 1. The number of nitrogens with one attached hydrogen (secondary N) is 2. The van der Waals surface area contributed by atoms with Crippen LogP contribution in [-0.2, 0) is 0 Å². The van der Waals surface area contributed by atoms with Crippen molar-refractivity contribution in [3.63, 3.8) is 0 Å². The second kappa shape index (κ2) is 6.51. The van der Waals surface area contributed by atoms with Gasteiger partial charge in [0.25, 0.3) is 11.6 Å². The van der Waals surface area contributed by atoms with Gasteiger partial charge in [-0.1, -0.05) is 29.8 Å². The van der Waals surface area contributed by atoms with E-state index in [1.807, 2.05) is 24.3 Å². The van der Waals surface area contributed by atoms with Crippen molar-refractivity contribution in [3.05, 3.63) is 74.9 Å². The van der Waals surface area contributed by atoms with Crippen molar-refractivity contribution in [2.45, 2.75) is 0 Å². The number of halogens is 1. The van der Waals surface area contributed by atoms with Crippen molar-refractivity contribution in [1.29, 1.82) is 0 Å². The van der Waals surface area contributed by atoms with Gasteiger partial charge in [-0.25, -0.2) is 5.43 Å². The van der Waals surface area contributed by atoms with E-state index in [-0.39, 0.29) is 16.3 Å². The van der Waals surface area contributed by atoms with Gasteiger partial charge >= 0.3 is 0 Å². The van der Waals surface area contributed by atoms with Crippen LogP contribution in [-0.4, -0.2) is 22.0 Å². The molecule has 0 spiro atoms. The Morgan fingerprint density at radius 1 is 1.29 bits per heavy atom. The molecule has 0 aliphatic carbocycles. The Balaban J connectivity index is 1.76. The molecule has 0 fully saturated rings. The molecule has 8 heteroatoms. The average molecular weight is 343 g/mol. The number of hydrogen-bond donors (Lipinski definition) is 2.